The van der Waals surface area contributed by atoms with Crippen molar-refractivity contribution in [3.63, 3.8) is 0 Å². The van der Waals surface area contributed by atoms with Crippen LogP contribution in [0.2, 0.25) is 0 Å². The fourth-order valence-corrected chi connectivity index (χ4v) is 2.15. The first-order valence-electron chi connectivity index (χ1n) is 7.42. The van der Waals surface area contributed by atoms with Crippen LogP contribution in [0.3, 0.4) is 0 Å². The van der Waals surface area contributed by atoms with Crippen LogP contribution in [0, 0.1) is 0 Å². The lowest BCUT2D eigenvalue weighted by Crippen LogP contribution is -2.43. The number of phenolic OH excluding ortho intramolecular Hbond substituents is 1. The molecule has 24 heavy (non-hydrogen) atoms. The van der Waals surface area contributed by atoms with E-state index in [1.165, 1.54) is 13.2 Å². The van der Waals surface area contributed by atoms with Crippen LogP contribution < -0.4 is 5.32 Å². The van der Waals surface area contributed by atoms with Gasteiger partial charge in [-0.1, -0.05) is 48.5 Å². The molecule has 1 amide bonds. The van der Waals surface area contributed by atoms with Gasteiger partial charge in [0.05, 0.1) is 7.11 Å². The smallest absolute Gasteiger partial charge is 0.408 e. The molecule has 0 bridgehead atoms. The largest absolute Gasteiger partial charge is 0.508 e. The summed E-state index contributed by atoms with van der Waals surface area (Å²) >= 11 is 0. The van der Waals surface area contributed by atoms with Crippen LogP contribution in [0.25, 0.3) is 0 Å². The van der Waals surface area contributed by atoms with Crippen molar-refractivity contribution >= 4 is 12.1 Å². The highest BCUT2D eigenvalue weighted by molar-refractivity contribution is 5.81. The van der Waals surface area contributed by atoms with Gasteiger partial charge in [0.2, 0.25) is 0 Å². The average molecular weight is 329 g/mol. The molecule has 0 radical (unpaired) electrons. The van der Waals surface area contributed by atoms with Crippen molar-refractivity contribution in [1.29, 1.82) is 0 Å². The minimum Gasteiger partial charge on any atom is -0.508 e. The molecule has 6 nitrogen and oxygen atoms in total. The molecule has 0 fully saturated rings. The second kappa shape index (κ2) is 8.57. The van der Waals surface area contributed by atoms with Crippen molar-refractivity contribution in [1.82, 2.24) is 5.32 Å². The maximum absolute atomic E-state index is 11.9. The quantitative estimate of drug-likeness (QED) is 0.795. The molecule has 0 saturated heterocycles. The number of amides is 1. The van der Waals surface area contributed by atoms with Gasteiger partial charge in [0.1, 0.15) is 18.4 Å². The van der Waals surface area contributed by atoms with E-state index >= 15 is 0 Å². The Morgan fingerprint density at radius 1 is 1.08 bits per heavy atom. The number of rotatable bonds is 6. The number of benzene rings is 2. The standard InChI is InChI=1S/C18H19NO5/c1-23-17(21)15(11-14-9-5-6-10-16(14)20)19-18(22)24-12-13-7-3-2-4-8-13/h2-10,15,20H,11-12H2,1H3,(H,19,22)/t15-/m0/s1. The monoisotopic (exact) mass is 329 g/mol. The fraction of sp³-hybridized carbons (Fsp3) is 0.222. The van der Waals surface area contributed by atoms with Crippen LogP contribution in [0.15, 0.2) is 54.6 Å². The summed E-state index contributed by atoms with van der Waals surface area (Å²) in [6, 6.07) is 14.8. The lowest BCUT2D eigenvalue weighted by atomic mass is 10.1. The number of esters is 1. The van der Waals surface area contributed by atoms with Crippen molar-refractivity contribution in [3.05, 3.63) is 65.7 Å². The van der Waals surface area contributed by atoms with Gasteiger partial charge >= 0.3 is 12.1 Å². The van der Waals surface area contributed by atoms with Crippen molar-refractivity contribution < 1.29 is 24.2 Å². The number of nitrogens with one attached hydrogen (secondary N) is 1. The van der Waals surface area contributed by atoms with Crippen molar-refractivity contribution in [3.8, 4) is 5.75 Å². The zero-order chi connectivity index (χ0) is 17.4. The first kappa shape index (κ1) is 17.3. The van der Waals surface area contributed by atoms with E-state index in [1.807, 2.05) is 30.3 Å². The Kier molecular flexibility index (Phi) is 6.19. The molecule has 0 saturated carbocycles. The lowest BCUT2D eigenvalue weighted by Gasteiger charge is -2.17. The molecule has 0 unspecified atom stereocenters. The van der Waals surface area contributed by atoms with Crippen LogP contribution in [0.4, 0.5) is 4.79 Å². The maximum Gasteiger partial charge on any atom is 0.408 e. The van der Waals surface area contributed by atoms with Gasteiger partial charge in [0.15, 0.2) is 0 Å². The lowest BCUT2D eigenvalue weighted by molar-refractivity contribution is -0.143. The van der Waals surface area contributed by atoms with E-state index < -0.39 is 18.1 Å². The topological polar surface area (TPSA) is 84.9 Å². The molecule has 126 valence electrons. The van der Waals surface area contributed by atoms with Gasteiger partial charge in [-0.25, -0.2) is 9.59 Å². The van der Waals surface area contributed by atoms with Crippen LogP contribution in [-0.4, -0.2) is 30.3 Å². The van der Waals surface area contributed by atoms with Crippen molar-refractivity contribution in [2.45, 2.75) is 19.1 Å². The molecule has 0 spiro atoms. The minimum absolute atomic E-state index is 0.0471. The molecule has 0 aliphatic carbocycles. The Labute approximate surface area is 140 Å². The number of para-hydroxylation sites is 1. The summed E-state index contributed by atoms with van der Waals surface area (Å²) in [5.74, 6) is -0.569. The first-order chi connectivity index (χ1) is 11.6. The number of phenols is 1. The molecule has 6 heteroatoms. The van der Waals surface area contributed by atoms with Crippen molar-refractivity contribution in [2.75, 3.05) is 7.11 Å². The average Bonchev–Trinajstić information content (AvgIpc) is 2.61. The van der Waals surface area contributed by atoms with Gasteiger partial charge in [-0.2, -0.15) is 0 Å². The van der Waals surface area contributed by atoms with Crippen molar-refractivity contribution in [2.24, 2.45) is 0 Å². The summed E-state index contributed by atoms with van der Waals surface area (Å²) in [5, 5.41) is 12.3. The molecule has 2 rings (SSSR count). The van der Waals surface area contributed by atoms with Crippen LogP contribution in [-0.2, 0) is 27.3 Å². The predicted molar refractivity (Wildman–Crippen MR) is 87.4 cm³/mol. The molecule has 2 aromatic carbocycles. The molecular formula is C18H19NO5. The van der Waals surface area contributed by atoms with Gasteiger partial charge in [-0.15, -0.1) is 0 Å². The van der Waals surface area contributed by atoms with E-state index in [9.17, 15) is 14.7 Å². The van der Waals surface area contributed by atoms with E-state index in [4.69, 9.17) is 9.47 Å². The Morgan fingerprint density at radius 3 is 2.42 bits per heavy atom. The summed E-state index contributed by atoms with van der Waals surface area (Å²) in [6.45, 7) is 0.0944. The molecular weight excluding hydrogens is 310 g/mol. The van der Waals surface area contributed by atoms with E-state index in [-0.39, 0.29) is 18.8 Å². The first-order valence-corrected chi connectivity index (χ1v) is 7.42. The zero-order valence-corrected chi connectivity index (χ0v) is 13.3. The van der Waals surface area contributed by atoms with Gasteiger partial charge in [-0.3, -0.25) is 0 Å². The second-order valence-electron chi connectivity index (χ2n) is 5.11. The molecule has 0 aliphatic rings. The summed E-state index contributed by atoms with van der Waals surface area (Å²) in [6.07, 6.45) is -0.635. The highest BCUT2D eigenvalue weighted by Gasteiger charge is 2.23. The van der Waals surface area contributed by atoms with Gasteiger partial charge < -0.3 is 19.9 Å². The Balaban J connectivity index is 1.97. The zero-order valence-electron chi connectivity index (χ0n) is 13.3. The summed E-state index contributed by atoms with van der Waals surface area (Å²) in [7, 11) is 1.23. The van der Waals surface area contributed by atoms with Gasteiger partial charge in [0.25, 0.3) is 0 Å². The Morgan fingerprint density at radius 2 is 1.75 bits per heavy atom. The van der Waals surface area contributed by atoms with Crippen LogP contribution in [0.5, 0.6) is 5.75 Å². The number of hydrogen-bond acceptors (Lipinski definition) is 5. The van der Waals surface area contributed by atoms with Crippen LogP contribution >= 0.6 is 0 Å². The third-order valence-corrected chi connectivity index (χ3v) is 3.41. The number of alkyl carbamates (subject to hydrolysis) is 1. The van der Waals surface area contributed by atoms with E-state index in [1.54, 1.807) is 18.2 Å². The van der Waals surface area contributed by atoms with E-state index in [0.717, 1.165) is 5.56 Å². The number of methoxy groups -OCH3 is 1. The van der Waals surface area contributed by atoms with Gasteiger partial charge in [0, 0.05) is 6.42 Å². The highest BCUT2D eigenvalue weighted by atomic mass is 16.6. The number of carbonyl (C=O) groups excluding carboxylic acids is 2. The predicted octanol–water partition coefficient (Wildman–Crippen LogP) is 2.40. The van der Waals surface area contributed by atoms with Crippen LogP contribution in [0.1, 0.15) is 11.1 Å². The number of carbonyl (C=O) groups is 2. The number of aromatic hydroxyl groups is 1. The second-order valence-corrected chi connectivity index (χ2v) is 5.11. The molecule has 2 aromatic rings. The van der Waals surface area contributed by atoms with E-state index in [2.05, 4.69) is 5.32 Å². The maximum atomic E-state index is 11.9. The molecule has 1 atom stereocenters. The van der Waals surface area contributed by atoms with E-state index in [0.29, 0.717) is 5.56 Å². The van der Waals surface area contributed by atoms with Gasteiger partial charge in [-0.05, 0) is 17.2 Å². The Bertz CT molecular complexity index is 687. The SMILES string of the molecule is COC(=O)[C@H](Cc1ccccc1O)NC(=O)OCc1ccccc1. The third-order valence-electron chi connectivity index (χ3n) is 3.41. The molecule has 0 aliphatic heterocycles. The summed E-state index contributed by atoms with van der Waals surface area (Å²) in [4.78, 5) is 23.8. The normalized spacial score (nSPS) is 11.4. The minimum atomic E-state index is -0.952. The molecule has 0 heterocycles. The summed E-state index contributed by atoms with van der Waals surface area (Å²) in [5.41, 5.74) is 1.36. The number of hydrogen-bond donors (Lipinski definition) is 2. The highest BCUT2D eigenvalue weighted by Crippen LogP contribution is 2.17. The Hall–Kier alpha value is -3.02. The summed E-state index contributed by atoms with van der Waals surface area (Å²) < 4.78 is 9.80. The molecule has 2 N–H and O–H groups in total. The molecule has 0 aromatic heterocycles. The third kappa shape index (κ3) is 5.01. The fourth-order valence-electron chi connectivity index (χ4n) is 2.15. The number of ether oxygens (including phenoxy) is 2.